The summed E-state index contributed by atoms with van der Waals surface area (Å²) in [5, 5.41) is 0. The van der Waals surface area contributed by atoms with Crippen molar-refractivity contribution in [1.29, 1.82) is 0 Å². The number of hydrogen-bond acceptors (Lipinski definition) is 2. The average molecular weight is 201 g/mol. The average Bonchev–Trinajstić information content (AvgIpc) is 2.53. The van der Waals surface area contributed by atoms with Gasteiger partial charge < -0.3 is 0 Å². The van der Waals surface area contributed by atoms with Crippen molar-refractivity contribution in [2.45, 2.75) is 20.8 Å². The number of anilines is 1. The van der Waals surface area contributed by atoms with Crippen LogP contribution in [0.5, 0.6) is 0 Å². The molecule has 3 heteroatoms. The molecule has 0 atom stereocenters. The number of rotatable bonds is 2. The van der Waals surface area contributed by atoms with E-state index >= 15 is 0 Å². The molecule has 0 fully saturated rings. The number of aromatic nitrogens is 2. The maximum absolute atomic E-state index is 4.23. The lowest BCUT2D eigenvalue weighted by Crippen LogP contribution is -2.09. The number of nitrogens with one attached hydrogen (secondary N) is 1. The van der Waals surface area contributed by atoms with Gasteiger partial charge >= 0.3 is 0 Å². The van der Waals surface area contributed by atoms with Crippen LogP contribution in [0.15, 0.2) is 30.6 Å². The lowest BCUT2D eigenvalue weighted by molar-refractivity contribution is 0.910. The van der Waals surface area contributed by atoms with Crippen molar-refractivity contribution in [3.63, 3.8) is 0 Å². The van der Waals surface area contributed by atoms with Crippen molar-refractivity contribution in [3.05, 3.63) is 47.5 Å². The second-order valence-electron chi connectivity index (χ2n) is 3.76. The molecule has 1 heterocycles. The maximum atomic E-state index is 4.23. The fraction of sp³-hybridized carbons (Fsp3) is 0.250. The second-order valence-corrected chi connectivity index (χ2v) is 3.76. The minimum absolute atomic E-state index is 1.05. The summed E-state index contributed by atoms with van der Waals surface area (Å²) in [5.41, 5.74) is 7.79. The van der Waals surface area contributed by atoms with Crippen molar-refractivity contribution in [2.75, 3.05) is 5.43 Å². The molecule has 0 saturated carbocycles. The summed E-state index contributed by atoms with van der Waals surface area (Å²) in [6.07, 6.45) is 1.80. The largest absolute Gasteiger partial charge is 0.293 e. The van der Waals surface area contributed by atoms with Crippen LogP contribution in [-0.4, -0.2) is 9.66 Å². The molecule has 2 rings (SSSR count). The Morgan fingerprint density at radius 2 is 1.73 bits per heavy atom. The minimum atomic E-state index is 1.05. The molecule has 3 nitrogen and oxygen atoms in total. The van der Waals surface area contributed by atoms with E-state index in [1.807, 2.05) is 18.5 Å². The van der Waals surface area contributed by atoms with Gasteiger partial charge in [0.1, 0.15) is 6.33 Å². The number of aryl methyl sites for hydroxylation is 2. The lowest BCUT2D eigenvalue weighted by Gasteiger charge is -2.09. The molecule has 15 heavy (non-hydrogen) atoms. The third-order valence-electron chi connectivity index (χ3n) is 2.55. The van der Waals surface area contributed by atoms with E-state index in [1.54, 1.807) is 6.33 Å². The highest BCUT2D eigenvalue weighted by molar-refractivity contribution is 5.44. The highest BCUT2D eigenvalue weighted by atomic mass is 15.4. The fourth-order valence-electron chi connectivity index (χ4n) is 1.38. The predicted molar refractivity (Wildman–Crippen MR) is 61.9 cm³/mol. The first kappa shape index (κ1) is 9.77. The van der Waals surface area contributed by atoms with Crippen LogP contribution in [0.3, 0.4) is 0 Å². The highest BCUT2D eigenvalue weighted by Crippen LogP contribution is 2.11. The van der Waals surface area contributed by atoms with Crippen LogP contribution < -0.4 is 5.43 Å². The molecule has 0 bridgehead atoms. The van der Waals surface area contributed by atoms with Crippen molar-refractivity contribution >= 4 is 5.69 Å². The van der Waals surface area contributed by atoms with Gasteiger partial charge in [-0.05, 0) is 32.9 Å². The van der Waals surface area contributed by atoms with Gasteiger partial charge in [-0.1, -0.05) is 17.7 Å². The first-order valence-electron chi connectivity index (χ1n) is 5.01. The third kappa shape index (κ3) is 2.01. The molecule has 1 aromatic heterocycles. The molecule has 0 aliphatic heterocycles. The first-order chi connectivity index (χ1) is 7.16. The van der Waals surface area contributed by atoms with Crippen LogP contribution in [0, 0.1) is 20.8 Å². The van der Waals surface area contributed by atoms with Gasteiger partial charge in [-0.25, -0.2) is 9.66 Å². The summed E-state index contributed by atoms with van der Waals surface area (Å²) < 4.78 is 1.93. The minimum Gasteiger partial charge on any atom is -0.293 e. The standard InChI is InChI=1S/C12H15N3/c1-9-4-6-12(7-5-9)14-15-8-13-10(2)11(15)3/h4-8,14H,1-3H3. The lowest BCUT2D eigenvalue weighted by atomic mass is 10.2. The molecule has 0 unspecified atom stereocenters. The molecule has 0 aliphatic carbocycles. The normalized spacial score (nSPS) is 10.3. The van der Waals surface area contributed by atoms with Crippen molar-refractivity contribution < 1.29 is 0 Å². The van der Waals surface area contributed by atoms with Gasteiger partial charge in [0, 0.05) is 0 Å². The van der Waals surface area contributed by atoms with E-state index in [4.69, 9.17) is 0 Å². The van der Waals surface area contributed by atoms with E-state index in [0.717, 1.165) is 17.1 Å². The number of nitrogens with zero attached hydrogens (tertiary/aromatic N) is 2. The molecule has 0 saturated heterocycles. The van der Waals surface area contributed by atoms with Crippen LogP contribution >= 0.6 is 0 Å². The Kier molecular flexibility index (Phi) is 2.46. The highest BCUT2D eigenvalue weighted by Gasteiger charge is 2.01. The summed E-state index contributed by atoms with van der Waals surface area (Å²) in [5.74, 6) is 0. The Hall–Kier alpha value is -1.77. The van der Waals surface area contributed by atoms with E-state index in [1.165, 1.54) is 5.56 Å². The zero-order valence-electron chi connectivity index (χ0n) is 9.28. The quantitative estimate of drug-likeness (QED) is 0.809. The molecule has 0 radical (unpaired) electrons. The Bertz CT molecular complexity index is 454. The summed E-state index contributed by atoms with van der Waals surface area (Å²) in [4.78, 5) is 4.23. The van der Waals surface area contributed by atoms with Gasteiger partial charge in [-0.3, -0.25) is 5.43 Å². The van der Waals surface area contributed by atoms with E-state index in [0.29, 0.717) is 0 Å². The monoisotopic (exact) mass is 201 g/mol. The molecule has 78 valence electrons. The summed E-state index contributed by atoms with van der Waals surface area (Å²) in [7, 11) is 0. The predicted octanol–water partition coefficient (Wildman–Crippen LogP) is 2.68. The maximum Gasteiger partial charge on any atom is 0.115 e. The fourth-order valence-corrected chi connectivity index (χ4v) is 1.38. The molecular weight excluding hydrogens is 186 g/mol. The third-order valence-corrected chi connectivity index (χ3v) is 2.55. The molecule has 0 amide bonds. The van der Waals surface area contributed by atoms with Crippen LogP contribution in [0.4, 0.5) is 5.69 Å². The smallest absolute Gasteiger partial charge is 0.115 e. The zero-order valence-corrected chi connectivity index (χ0v) is 9.28. The molecule has 1 N–H and O–H groups in total. The number of benzene rings is 1. The van der Waals surface area contributed by atoms with E-state index < -0.39 is 0 Å². The van der Waals surface area contributed by atoms with Crippen LogP contribution in [0.1, 0.15) is 17.0 Å². The summed E-state index contributed by atoms with van der Waals surface area (Å²) in [6, 6.07) is 8.29. The van der Waals surface area contributed by atoms with Crippen molar-refractivity contribution in [3.8, 4) is 0 Å². The van der Waals surface area contributed by atoms with Gasteiger partial charge in [0.05, 0.1) is 17.1 Å². The van der Waals surface area contributed by atoms with Gasteiger partial charge in [-0.2, -0.15) is 0 Å². The molecular formula is C12H15N3. The second kappa shape index (κ2) is 3.77. The van der Waals surface area contributed by atoms with Gasteiger partial charge in [0.2, 0.25) is 0 Å². The van der Waals surface area contributed by atoms with Crippen molar-refractivity contribution in [1.82, 2.24) is 9.66 Å². The zero-order chi connectivity index (χ0) is 10.8. The van der Waals surface area contributed by atoms with Gasteiger partial charge in [-0.15, -0.1) is 0 Å². The van der Waals surface area contributed by atoms with Gasteiger partial charge in [0.25, 0.3) is 0 Å². The SMILES string of the molecule is Cc1ccc(Nn2cnc(C)c2C)cc1. The number of hydrogen-bond donors (Lipinski definition) is 1. The van der Waals surface area contributed by atoms with E-state index in [9.17, 15) is 0 Å². The first-order valence-corrected chi connectivity index (χ1v) is 5.01. The molecule has 2 aromatic rings. The van der Waals surface area contributed by atoms with Crippen LogP contribution in [0.25, 0.3) is 0 Å². The Morgan fingerprint density at radius 3 is 2.27 bits per heavy atom. The Labute approximate surface area is 89.7 Å². The molecule has 0 aliphatic rings. The molecule has 1 aromatic carbocycles. The number of imidazole rings is 1. The van der Waals surface area contributed by atoms with E-state index in [-0.39, 0.29) is 0 Å². The molecule has 0 spiro atoms. The van der Waals surface area contributed by atoms with Crippen LogP contribution in [0.2, 0.25) is 0 Å². The Balaban J connectivity index is 2.22. The topological polar surface area (TPSA) is 29.9 Å². The van der Waals surface area contributed by atoms with Crippen molar-refractivity contribution in [2.24, 2.45) is 0 Å². The Morgan fingerprint density at radius 1 is 1.07 bits per heavy atom. The summed E-state index contributed by atoms with van der Waals surface area (Å²) >= 11 is 0. The van der Waals surface area contributed by atoms with Crippen LogP contribution in [-0.2, 0) is 0 Å². The summed E-state index contributed by atoms with van der Waals surface area (Å²) in [6.45, 7) is 6.13. The van der Waals surface area contributed by atoms with Gasteiger partial charge in [0.15, 0.2) is 0 Å². The van der Waals surface area contributed by atoms with E-state index in [2.05, 4.69) is 41.6 Å².